The molecule has 1 N–H and O–H groups in total. The molecule has 1 aromatic carbocycles. The minimum atomic E-state index is -0.896. The van der Waals surface area contributed by atoms with Crippen LogP contribution in [0.4, 0.5) is 0 Å². The van der Waals surface area contributed by atoms with Gasteiger partial charge in [0.15, 0.2) is 0 Å². The lowest BCUT2D eigenvalue weighted by atomic mass is 10.2. The van der Waals surface area contributed by atoms with Gasteiger partial charge < -0.3 is 9.84 Å². The van der Waals surface area contributed by atoms with E-state index in [2.05, 4.69) is 31.9 Å². The standard InChI is InChI=1S/C12H12Br2O3/c1-8(12(15)16)4-3-7-17-11-9(13)5-2-6-10(11)14/h2,4-6H,3,7H2,1H3,(H,15,16). The molecule has 17 heavy (non-hydrogen) atoms. The average Bonchev–Trinajstić information content (AvgIpc) is 2.27. The van der Waals surface area contributed by atoms with Crippen molar-refractivity contribution in [1.82, 2.24) is 0 Å². The van der Waals surface area contributed by atoms with E-state index in [1.54, 1.807) is 13.0 Å². The van der Waals surface area contributed by atoms with E-state index in [0.717, 1.165) is 14.7 Å². The molecule has 0 radical (unpaired) electrons. The number of para-hydroxylation sites is 1. The second-order valence-corrected chi connectivity index (χ2v) is 5.09. The number of carboxylic acids is 1. The van der Waals surface area contributed by atoms with Crippen LogP contribution in [0.2, 0.25) is 0 Å². The summed E-state index contributed by atoms with van der Waals surface area (Å²) >= 11 is 6.77. The third kappa shape index (κ3) is 4.52. The molecular formula is C12H12Br2O3. The van der Waals surface area contributed by atoms with Crippen LogP contribution in [-0.2, 0) is 4.79 Å². The van der Waals surface area contributed by atoms with Gasteiger partial charge in [0.1, 0.15) is 5.75 Å². The lowest BCUT2D eigenvalue weighted by Crippen LogP contribution is -2.00. The van der Waals surface area contributed by atoms with Gasteiger partial charge in [0.05, 0.1) is 15.6 Å². The summed E-state index contributed by atoms with van der Waals surface area (Å²) in [5.41, 5.74) is 0.333. The summed E-state index contributed by atoms with van der Waals surface area (Å²) in [6.45, 7) is 2.00. The van der Waals surface area contributed by atoms with Gasteiger partial charge >= 0.3 is 5.97 Å². The molecule has 0 aromatic heterocycles. The highest BCUT2D eigenvalue weighted by molar-refractivity contribution is 9.11. The van der Waals surface area contributed by atoms with Crippen LogP contribution >= 0.6 is 31.9 Å². The predicted octanol–water partition coefficient (Wildman–Crippen LogP) is 4.01. The molecule has 1 rings (SSSR count). The number of ether oxygens (including phenoxy) is 1. The summed E-state index contributed by atoms with van der Waals surface area (Å²) < 4.78 is 7.30. The maximum absolute atomic E-state index is 10.5. The van der Waals surface area contributed by atoms with Gasteiger partial charge in [-0.25, -0.2) is 4.79 Å². The second-order valence-electron chi connectivity index (χ2n) is 3.38. The van der Waals surface area contributed by atoms with Crippen molar-refractivity contribution in [2.75, 3.05) is 6.61 Å². The topological polar surface area (TPSA) is 46.5 Å². The van der Waals surface area contributed by atoms with E-state index in [0.29, 0.717) is 18.6 Å². The number of carboxylic acid groups (broad SMARTS) is 1. The molecule has 0 saturated heterocycles. The van der Waals surface area contributed by atoms with Crippen molar-refractivity contribution in [3.8, 4) is 5.75 Å². The molecule has 0 spiro atoms. The SMILES string of the molecule is CC(=CCCOc1c(Br)cccc1Br)C(=O)O. The number of benzene rings is 1. The number of carbonyl (C=O) groups is 1. The maximum atomic E-state index is 10.5. The Labute approximate surface area is 117 Å². The molecule has 0 fully saturated rings. The van der Waals surface area contributed by atoms with Crippen molar-refractivity contribution in [3.05, 3.63) is 38.8 Å². The molecule has 0 heterocycles. The summed E-state index contributed by atoms with van der Waals surface area (Å²) in [5.74, 6) is -0.166. The van der Waals surface area contributed by atoms with Gasteiger partial charge in [-0.05, 0) is 50.9 Å². The molecule has 3 nitrogen and oxygen atoms in total. The molecule has 92 valence electrons. The third-order valence-electron chi connectivity index (χ3n) is 2.07. The molecule has 0 bridgehead atoms. The number of halogens is 2. The minimum Gasteiger partial charge on any atom is -0.491 e. The molecule has 0 aliphatic carbocycles. The highest BCUT2D eigenvalue weighted by Gasteiger charge is 2.05. The Bertz CT molecular complexity index is 421. The number of aliphatic carboxylic acids is 1. The zero-order chi connectivity index (χ0) is 12.8. The van der Waals surface area contributed by atoms with E-state index in [4.69, 9.17) is 9.84 Å². The summed E-state index contributed by atoms with van der Waals surface area (Å²) in [7, 11) is 0. The van der Waals surface area contributed by atoms with E-state index in [9.17, 15) is 4.79 Å². The highest BCUT2D eigenvalue weighted by atomic mass is 79.9. The Morgan fingerprint density at radius 3 is 2.53 bits per heavy atom. The summed E-state index contributed by atoms with van der Waals surface area (Å²) in [6.07, 6.45) is 2.21. The third-order valence-corrected chi connectivity index (χ3v) is 3.32. The zero-order valence-corrected chi connectivity index (χ0v) is 12.4. The largest absolute Gasteiger partial charge is 0.491 e. The molecule has 0 atom stereocenters. The maximum Gasteiger partial charge on any atom is 0.330 e. The van der Waals surface area contributed by atoms with Crippen LogP contribution in [-0.4, -0.2) is 17.7 Å². The Hall–Kier alpha value is -0.810. The molecule has 0 unspecified atom stereocenters. The fourth-order valence-corrected chi connectivity index (χ4v) is 2.37. The first kappa shape index (κ1) is 14.3. The van der Waals surface area contributed by atoms with Crippen molar-refractivity contribution < 1.29 is 14.6 Å². The zero-order valence-electron chi connectivity index (χ0n) is 9.24. The van der Waals surface area contributed by atoms with Gasteiger partial charge in [-0.1, -0.05) is 12.1 Å². The van der Waals surface area contributed by atoms with Gasteiger partial charge in [-0.3, -0.25) is 0 Å². The second kappa shape index (κ2) is 6.81. The van der Waals surface area contributed by atoms with Crippen molar-refractivity contribution in [2.45, 2.75) is 13.3 Å². The normalized spacial score (nSPS) is 11.4. The number of hydrogen-bond donors (Lipinski definition) is 1. The first-order valence-corrected chi connectivity index (χ1v) is 6.58. The van der Waals surface area contributed by atoms with Crippen molar-refractivity contribution in [2.24, 2.45) is 0 Å². The summed E-state index contributed by atoms with van der Waals surface area (Å²) in [5, 5.41) is 8.66. The fraction of sp³-hybridized carbons (Fsp3) is 0.250. The van der Waals surface area contributed by atoms with E-state index in [1.807, 2.05) is 18.2 Å². The predicted molar refractivity (Wildman–Crippen MR) is 73.3 cm³/mol. The number of rotatable bonds is 5. The van der Waals surface area contributed by atoms with E-state index < -0.39 is 5.97 Å². The quantitative estimate of drug-likeness (QED) is 0.635. The number of hydrogen-bond acceptors (Lipinski definition) is 2. The summed E-state index contributed by atoms with van der Waals surface area (Å²) in [4.78, 5) is 10.5. The molecule has 0 aliphatic heterocycles. The smallest absolute Gasteiger partial charge is 0.330 e. The average molecular weight is 364 g/mol. The van der Waals surface area contributed by atoms with Crippen molar-refractivity contribution >= 4 is 37.8 Å². The Morgan fingerprint density at radius 2 is 2.00 bits per heavy atom. The van der Waals surface area contributed by atoms with Crippen LogP contribution in [0.5, 0.6) is 5.75 Å². The van der Waals surface area contributed by atoms with Crippen LogP contribution in [0.15, 0.2) is 38.8 Å². The molecule has 0 saturated carbocycles. The first-order valence-electron chi connectivity index (χ1n) is 4.99. The molecule has 0 aliphatic rings. The van der Waals surface area contributed by atoms with Gasteiger partial charge in [0.25, 0.3) is 0 Å². The van der Waals surface area contributed by atoms with Gasteiger partial charge in [0, 0.05) is 12.0 Å². The van der Waals surface area contributed by atoms with E-state index in [1.165, 1.54) is 0 Å². The molecule has 1 aromatic rings. The lowest BCUT2D eigenvalue weighted by molar-refractivity contribution is -0.132. The van der Waals surface area contributed by atoms with E-state index >= 15 is 0 Å². The Morgan fingerprint density at radius 1 is 1.41 bits per heavy atom. The first-order chi connectivity index (χ1) is 8.02. The molecule has 5 heteroatoms. The molecular weight excluding hydrogens is 352 g/mol. The highest BCUT2D eigenvalue weighted by Crippen LogP contribution is 2.32. The van der Waals surface area contributed by atoms with Crippen LogP contribution < -0.4 is 4.74 Å². The fourth-order valence-electron chi connectivity index (χ4n) is 1.14. The van der Waals surface area contributed by atoms with Crippen molar-refractivity contribution in [3.63, 3.8) is 0 Å². The Kier molecular flexibility index (Phi) is 5.71. The van der Waals surface area contributed by atoms with Crippen molar-refractivity contribution in [1.29, 1.82) is 0 Å². The van der Waals surface area contributed by atoms with Crippen LogP contribution in [0.3, 0.4) is 0 Å². The van der Waals surface area contributed by atoms with Gasteiger partial charge in [0.2, 0.25) is 0 Å². The lowest BCUT2D eigenvalue weighted by Gasteiger charge is -2.08. The summed E-state index contributed by atoms with van der Waals surface area (Å²) in [6, 6.07) is 5.67. The minimum absolute atomic E-state index is 0.333. The van der Waals surface area contributed by atoms with E-state index in [-0.39, 0.29) is 0 Å². The van der Waals surface area contributed by atoms with Crippen LogP contribution in [0.1, 0.15) is 13.3 Å². The molecule has 0 amide bonds. The van der Waals surface area contributed by atoms with Gasteiger partial charge in [-0.2, -0.15) is 0 Å². The van der Waals surface area contributed by atoms with Gasteiger partial charge in [-0.15, -0.1) is 0 Å². The van der Waals surface area contributed by atoms with Crippen LogP contribution in [0.25, 0.3) is 0 Å². The van der Waals surface area contributed by atoms with Crippen LogP contribution in [0, 0.1) is 0 Å². The monoisotopic (exact) mass is 362 g/mol. The Balaban J connectivity index is 2.52.